The zero-order chi connectivity index (χ0) is 28.8. The van der Waals surface area contributed by atoms with Crippen molar-refractivity contribution in [3.63, 3.8) is 0 Å². The molecule has 0 spiro atoms. The Labute approximate surface area is 251 Å². The second kappa shape index (κ2) is 12.9. The number of carbonyl (C=O) groups is 2. The molecule has 2 N–H and O–H groups in total. The van der Waals surface area contributed by atoms with Crippen LogP contribution in [0, 0.1) is 18.3 Å². The van der Waals surface area contributed by atoms with Crippen molar-refractivity contribution < 1.29 is 9.59 Å². The molecule has 1 unspecified atom stereocenters. The van der Waals surface area contributed by atoms with Crippen LogP contribution in [0.1, 0.15) is 32.3 Å². The molecule has 1 atom stereocenters. The number of aryl methyl sites for hydroxylation is 1. The van der Waals surface area contributed by atoms with Crippen molar-refractivity contribution in [2.75, 3.05) is 10.6 Å². The fraction of sp³-hybridized carbons (Fsp3) is 0.0606. The lowest BCUT2D eigenvalue weighted by molar-refractivity contribution is -0.115. The summed E-state index contributed by atoms with van der Waals surface area (Å²) < 4.78 is 0. The summed E-state index contributed by atoms with van der Waals surface area (Å²) in [5, 5.41) is 18.2. The van der Waals surface area contributed by atoms with Gasteiger partial charge >= 0.3 is 0 Å². The molecule has 0 aliphatic rings. The van der Waals surface area contributed by atoms with E-state index in [4.69, 9.17) is 11.6 Å². The number of benzene rings is 4. The lowest BCUT2D eigenvalue weighted by Crippen LogP contribution is -2.19. The first-order chi connectivity index (χ1) is 19.9. The Hall–Kier alpha value is -4.35. The molecule has 202 valence electrons. The summed E-state index contributed by atoms with van der Waals surface area (Å²) in [5.41, 5.74) is 5.15. The molecule has 0 saturated carbocycles. The zero-order valence-electron chi connectivity index (χ0n) is 21.9. The lowest BCUT2D eigenvalue weighted by Gasteiger charge is -2.17. The van der Waals surface area contributed by atoms with Gasteiger partial charge in [-0.1, -0.05) is 83.9 Å². The molecule has 5 aromatic rings. The summed E-state index contributed by atoms with van der Waals surface area (Å²) in [5.74, 6) is -0.526. The monoisotopic (exact) mass is 593 g/mol. The minimum Gasteiger partial charge on any atom is -0.322 e. The molecule has 41 heavy (non-hydrogen) atoms. The van der Waals surface area contributed by atoms with E-state index in [1.165, 1.54) is 23.1 Å². The number of hydrogen-bond acceptors (Lipinski definition) is 5. The van der Waals surface area contributed by atoms with Gasteiger partial charge in [-0.15, -0.1) is 23.1 Å². The fourth-order valence-electron chi connectivity index (χ4n) is 4.20. The van der Waals surface area contributed by atoms with Crippen molar-refractivity contribution in [1.82, 2.24) is 0 Å². The lowest BCUT2D eigenvalue weighted by atomic mass is 10.0. The van der Waals surface area contributed by atoms with Gasteiger partial charge in [0.2, 0.25) is 5.91 Å². The molecule has 0 aliphatic carbocycles. The van der Waals surface area contributed by atoms with E-state index in [0.29, 0.717) is 26.8 Å². The van der Waals surface area contributed by atoms with Crippen LogP contribution in [0.4, 0.5) is 10.7 Å². The number of hydrogen-bond donors (Lipinski definition) is 2. The number of anilines is 2. The molecule has 0 radical (unpaired) electrons. The summed E-state index contributed by atoms with van der Waals surface area (Å²) in [6.45, 7) is 2.01. The van der Waals surface area contributed by atoms with Crippen LogP contribution >= 0.6 is 34.7 Å². The Balaban J connectivity index is 1.38. The Morgan fingerprint density at radius 1 is 0.902 bits per heavy atom. The molecule has 2 amide bonds. The second-order valence-corrected chi connectivity index (χ2v) is 11.7. The number of thiophene rings is 1. The highest BCUT2D eigenvalue weighted by Gasteiger charge is 2.25. The van der Waals surface area contributed by atoms with Gasteiger partial charge in [0, 0.05) is 32.1 Å². The molecule has 0 aliphatic heterocycles. The van der Waals surface area contributed by atoms with Crippen molar-refractivity contribution in [3.05, 3.63) is 136 Å². The van der Waals surface area contributed by atoms with E-state index in [2.05, 4.69) is 16.7 Å². The van der Waals surface area contributed by atoms with E-state index >= 15 is 0 Å². The maximum atomic E-state index is 13.7. The molecule has 1 heterocycles. The van der Waals surface area contributed by atoms with Gasteiger partial charge in [-0.25, -0.2) is 0 Å². The summed E-state index contributed by atoms with van der Waals surface area (Å²) in [6.07, 6.45) is 0. The zero-order valence-corrected chi connectivity index (χ0v) is 24.3. The number of nitrogens with zero attached hydrogens (tertiary/aromatic N) is 1. The third-order valence-corrected chi connectivity index (χ3v) is 8.65. The van der Waals surface area contributed by atoms with Crippen molar-refractivity contribution >= 4 is 57.2 Å². The molecule has 4 aromatic carbocycles. The van der Waals surface area contributed by atoms with Crippen LogP contribution in [-0.2, 0) is 4.79 Å². The standard InChI is InChI=1S/C33H24ClN3O2S2/c1-21-13-15-22(16-14-21)29-20-40-33(28(29)19-35)37-32(39)30(23-7-3-2-4-8-23)41-27-12-6-11-26(18-27)36-31(38)24-9-5-10-25(34)17-24/h2-18,20,30H,1H3,(H,36,38)(H,37,39). The first-order valence-corrected chi connectivity index (χ1v) is 14.8. The Morgan fingerprint density at radius 3 is 2.39 bits per heavy atom. The van der Waals surface area contributed by atoms with Crippen molar-refractivity contribution in [2.45, 2.75) is 17.1 Å². The summed E-state index contributed by atoms with van der Waals surface area (Å²) in [7, 11) is 0. The molecule has 0 saturated heterocycles. The number of amides is 2. The first kappa shape index (κ1) is 28.2. The molecule has 0 bridgehead atoms. The Morgan fingerprint density at radius 2 is 1.66 bits per heavy atom. The van der Waals surface area contributed by atoms with Crippen LogP contribution in [0.5, 0.6) is 0 Å². The molecule has 8 heteroatoms. The van der Waals surface area contributed by atoms with Crippen LogP contribution < -0.4 is 10.6 Å². The average Bonchev–Trinajstić information content (AvgIpc) is 3.39. The van der Waals surface area contributed by atoms with Gasteiger partial charge < -0.3 is 10.6 Å². The van der Waals surface area contributed by atoms with Gasteiger partial charge in [-0.05, 0) is 54.4 Å². The highest BCUT2D eigenvalue weighted by Crippen LogP contribution is 2.40. The summed E-state index contributed by atoms with van der Waals surface area (Å²) >= 11 is 8.74. The first-order valence-electron chi connectivity index (χ1n) is 12.7. The highest BCUT2D eigenvalue weighted by molar-refractivity contribution is 8.00. The van der Waals surface area contributed by atoms with E-state index in [1.54, 1.807) is 30.3 Å². The normalized spacial score (nSPS) is 11.3. The van der Waals surface area contributed by atoms with Gasteiger partial charge in [0.15, 0.2) is 0 Å². The maximum absolute atomic E-state index is 13.7. The number of carbonyl (C=O) groups excluding carboxylic acids is 2. The van der Waals surface area contributed by atoms with Gasteiger partial charge in [-0.2, -0.15) is 5.26 Å². The minimum atomic E-state index is -0.605. The SMILES string of the molecule is Cc1ccc(-c2csc(NC(=O)C(Sc3cccc(NC(=O)c4cccc(Cl)c4)c3)c3ccccc3)c2C#N)cc1. The predicted octanol–water partition coefficient (Wildman–Crippen LogP) is 8.97. The van der Waals surface area contributed by atoms with Crippen LogP contribution in [0.3, 0.4) is 0 Å². The average molecular weight is 594 g/mol. The Kier molecular flexibility index (Phi) is 8.85. The molecular weight excluding hydrogens is 570 g/mol. The highest BCUT2D eigenvalue weighted by atomic mass is 35.5. The van der Waals surface area contributed by atoms with E-state index < -0.39 is 5.25 Å². The third-order valence-electron chi connectivity index (χ3n) is 6.28. The van der Waals surface area contributed by atoms with Crippen LogP contribution in [0.25, 0.3) is 11.1 Å². The van der Waals surface area contributed by atoms with Crippen LogP contribution in [-0.4, -0.2) is 11.8 Å². The van der Waals surface area contributed by atoms with Crippen LogP contribution in [0.2, 0.25) is 5.02 Å². The van der Waals surface area contributed by atoms with Crippen molar-refractivity contribution in [2.24, 2.45) is 0 Å². The van der Waals surface area contributed by atoms with Crippen molar-refractivity contribution in [1.29, 1.82) is 5.26 Å². The molecule has 1 aromatic heterocycles. The minimum absolute atomic E-state index is 0.247. The van der Waals surface area contributed by atoms with E-state index in [0.717, 1.165) is 27.1 Å². The van der Waals surface area contributed by atoms with E-state index in [-0.39, 0.29) is 11.8 Å². The number of thioether (sulfide) groups is 1. The summed E-state index contributed by atoms with van der Waals surface area (Å²) in [6, 6.07) is 33.8. The molecule has 0 fully saturated rings. The number of nitriles is 1. The molecule has 5 rings (SSSR count). The second-order valence-electron chi connectivity index (χ2n) is 9.22. The van der Waals surface area contributed by atoms with E-state index in [1.807, 2.05) is 85.1 Å². The topological polar surface area (TPSA) is 82.0 Å². The largest absolute Gasteiger partial charge is 0.322 e. The summed E-state index contributed by atoms with van der Waals surface area (Å²) in [4.78, 5) is 27.3. The smallest absolute Gasteiger partial charge is 0.255 e. The molecular formula is C33H24ClN3O2S2. The van der Waals surface area contributed by atoms with Crippen molar-refractivity contribution in [3.8, 4) is 17.2 Å². The van der Waals surface area contributed by atoms with Gasteiger partial charge in [0.25, 0.3) is 5.91 Å². The van der Waals surface area contributed by atoms with Crippen LogP contribution in [0.15, 0.2) is 113 Å². The molecule has 5 nitrogen and oxygen atoms in total. The maximum Gasteiger partial charge on any atom is 0.255 e. The predicted molar refractivity (Wildman–Crippen MR) is 169 cm³/mol. The number of nitrogens with one attached hydrogen (secondary N) is 2. The van der Waals surface area contributed by atoms with Gasteiger partial charge in [-0.3, -0.25) is 9.59 Å². The van der Waals surface area contributed by atoms with Gasteiger partial charge in [0.05, 0.1) is 5.56 Å². The quantitative estimate of drug-likeness (QED) is 0.176. The number of halogens is 1. The van der Waals surface area contributed by atoms with E-state index in [9.17, 15) is 14.9 Å². The Bertz CT molecular complexity index is 1740. The third kappa shape index (κ3) is 6.87. The number of rotatable bonds is 8. The van der Waals surface area contributed by atoms with Gasteiger partial charge in [0.1, 0.15) is 16.3 Å². The fourth-order valence-corrected chi connectivity index (χ4v) is 6.40.